The maximum absolute atomic E-state index is 8.95. The quantitative estimate of drug-likeness (QED) is 0.838. The minimum absolute atomic E-state index is 0.328. The lowest BCUT2D eigenvalue weighted by Gasteiger charge is -2.19. The van der Waals surface area contributed by atoms with E-state index >= 15 is 0 Å². The van der Waals surface area contributed by atoms with Crippen molar-refractivity contribution in [2.45, 2.75) is 34.6 Å². The van der Waals surface area contributed by atoms with Gasteiger partial charge in [0.15, 0.2) is 0 Å². The molecule has 0 aliphatic carbocycles. The van der Waals surface area contributed by atoms with E-state index in [-0.39, 0.29) is 5.41 Å². The van der Waals surface area contributed by atoms with Crippen molar-refractivity contribution < 1.29 is 0 Å². The Morgan fingerprint density at radius 1 is 1.12 bits per heavy atom. The molecule has 2 heteroatoms. The van der Waals surface area contributed by atoms with Crippen LogP contribution in [0.4, 0.5) is 5.69 Å². The highest BCUT2D eigenvalue weighted by molar-refractivity contribution is 5.55. The van der Waals surface area contributed by atoms with Gasteiger partial charge in [0, 0.05) is 12.2 Å². The fraction of sp³-hybridized carbons (Fsp3) is 0.500. The Labute approximate surface area is 98.3 Å². The molecule has 0 saturated carbocycles. The third-order valence-electron chi connectivity index (χ3n) is 2.86. The molecule has 0 spiro atoms. The molecule has 1 N–H and O–H groups in total. The van der Waals surface area contributed by atoms with Crippen molar-refractivity contribution >= 4 is 5.69 Å². The van der Waals surface area contributed by atoms with Crippen LogP contribution in [0.25, 0.3) is 0 Å². The van der Waals surface area contributed by atoms with Gasteiger partial charge in [0.1, 0.15) is 0 Å². The van der Waals surface area contributed by atoms with Crippen LogP contribution >= 0.6 is 0 Å². The topological polar surface area (TPSA) is 35.8 Å². The van der Waals surface area contributed by atoms with Gasteiger partial charge in [-0.15, -0.1) is 0 Å². The predicted molar refractivity (Wildman–Crippen MR) is 68.5 cm³/mol. The molecule has 1 aromatic rings. The number of benzene rings is 1. The highest BCUT2D eigenvalue weighted by Gasteiger charge is 2.16. The Morgan fingerprint density at radius 3 is 2.25 bits per heavy atom. The van der Waals surface area contributed by atoms with Gasteiger partial charge in [-0.2, -0.15) is 5.26 Å². The lowest BCUT2D eigenvalue weighted by Crippen LogP contribution is -2.21. The fourth-order valence-corrected chi connectivity index (χ4v) is 1.51. The molecule has 0 aliphatic rings. The molecule has 0 heterocycles. The Bertz CT molecular complexity index is 425. The minimum Gasteiger partial charge on any atom is -0.383 e. The van der Waals surface area contributed by atoms with Crippen molar-refractivity contribution in [2.24, 2.45) is 5.41 Å². The van der Waals surface area contributed by atoms with E-state index in [0.717, 1.165) is 5.69 Å². The van der Waals surface area contributed by atoms with E-state index in [0.29, 0.717) is 6.54 Å². The van der Waals surface area contributed by atoms with Crippen LogP contribution in [-0.2, 0) is 0 Å². The summed E-state index contributed by atoms with van der Waals surface area (Å²) in [7, 11) is 0. The van der Waals surface area contributed by atoms with Crippen LogP contribution in [0.5, 0.6) is 0 Å². The van der Waals surface area contributed by atoms with Gasteiger partial charge in [0.2, 0.25) is 0 Å². The summed E-state index contributed by atoms with van der Waals surface area (Å²) >= 11 is 0. The van der Waals surface area contributed by atoms with E-state index in [1.807, 2.05) is 13.8 Å². The molecule has 86 valence electrons. The zero-order chi connectivity index (χ0) is 12.3. The zero-order valence-electron chi connectivity index (χ0n) is 10.8. The van der Waals surface area contributed by atoms with Crippen LogP contribution in [0.3, 0.4) is 0 Å². The van der Waals surface area contributed by atoms with Crippen molar-refractivity contribution in [3.05, 3.63) is 28.8 Å². The van der Waals surface area contributed by atoms with Crippen molar-refractivity contribution in [1.82, 2.24) is 0 Å². The van der Waals surface area contributed by atoms with E-state index in [2.05, 4.69) is 44.3 Å². The Hall–Kier alpha value is -1.49. The second kappa shape index (κ2) is 4.57. The summed E-state index contributed by atoms with van der Waals surface area (Å²) in [4.78, 5) is 0. The molecule has 1 aromatic carbocycles. The molecular formula is C14H20N2. The van der Waals surface area contributed by atoms with Crippen molar-refractivity contribution in [3.63, 3.8) is 0 Å². The van der Waals surface area contributed by atoms with Gasteiger partial charge in [-0.05, 0) is 57.4 Å². The molecule has 0 bridgehead atoms. The summed E-state index contributed by atoms with van der Waals surface area (Å²) in [6.07, 6.45) is 0. The molecule has 0 amide bonds. The molecular weight excluding hydrogens is 196 g/mol. The molecule has 0 saturated heterocycles. The van der Waals surface area contributed by atoms with Crippen LogP contribution in [0, 0.1) is 37.5 Å². The average Bonchev–Trinajstić information content (AvgIpc) is 2.22. The van der Waals surface area contributed by atoms with E-state index in [9.17, 15) is 0 Å². The summed E-state index contributed by atoms with van der Waals surface area (Å²) < 4.78 is 0. The molecule has 0 radical (unpaired) electrons. The number of rotatable bonds is 3. The van der Waals surface area contributed by atoms with Crippen LogP contribution < -0.4 is 5.32 Å². The number of nitrogens with one attached hydrogen (secondary N) is 1. The number of aryl methyl sites for hydroxylation is 3. The second-order valence-corrected chi connectivity index (χ2v) is 5.10. The minimum atomic E-state index is -0.328. The largest absolute Gasteiger partial charge is 0.383 e. The van der Waals surface area contributed by atoms with Gasteiger partial charge in [0.05, 0.1) is 11.5 Å². The molecule has 0 aliphatic heterocycles. The highest BCUT2D eigenvalue weighted by Crippen LogP contribution is 2.22. The Kier molecular flexibility index (Phi) is 3.59. The first-order valence-electron chi connectivity index (χ1n) is 5.59. The Morgan fingerprint density at radius 2 is 1.69 bits per heavy atom. The maximum atomic E-state index is 8.95. The summed E-state index contributed by atoms with van der Waals surface area (Å²) in [6.45, 7) is 10.9. The van der Waals surface area contributed by atoms with Gasteiger partial charge in [-0.25, -0.2) is 0 Å². The van der Waals surface area contributed by atoms with Crippen molar-refractivity contribution in [3.8, 4) is 6.07 Å². The second-order valence-electron chi connectivity index (χ2n) is 5.10. The monoisotopic (exact) mass is 216 g/mol. The SMILES string of the molecule is Cc1cc(C)c(NCC(C)(C)C#N)cc1C. The van der Waals surface area contributed by atoms with Crippen molar-refractivity contribution in [2.75, 3.05) is 11.9 Å². The molecule has 1 rings (SSSR count). The van der Waals surface area contributed by atoms with Crippen LogP contribution in [0.2, 0.25) is 0 Å². The smallest absolute Gasteiger partial charge is 0.0702 e. The zero-order valence-corrected chi connectivity index (χ0v) is 10.8. The van der Waals surface area contributed by atoms with Crippen molar-refractivity contribution in [1.29, 1.82) is 5.26 Å². The highest BCUT2D eigenvalue weighted by atomic mass is 14.9. The molecule has 2 nitrogen and oxygen atoms in total. The fourth-order valence-electron chi connectivity index (χ4n) is 1.51. The molecule has 0 aromatic heterocycles. The molecule has 16 heavy (non-hydrogen) atoms. The number of nitrogens with zero attached hydrogens (tertiary/aromatic N) is 1. The van der Waals surface area contributed by atoms with E-state index in [4.69, 9.17) is 5.26 Å². The molecule has 0 atom stereocenters. The van der Waals surface area contributed by atoms with Gasteiger partial charge < -0.3 is 5.32 Å². The third-order valence-corrected chi connectivity index (χ3v) is 2.86. The summed E-state index contributed by atoms with van der Waals surface area (Å²) in [6, 6.07) is 6.62. The van der Waals surface area contributed by atoms with E-state index in [1.54, 1.807) is 0 Å². The Balaban J connectivity index is 2.84. The van der Waals surface area contributed by atoms with Crippen LogP contribution in [-0.4, -0.2) is 6.54 Å². The third kappa shape index (κ3) is 3.00. The first-order chi connectivity index (χ1) is 7.35. The van der Waals surface area contributed by atoms with Gasteiger partial charge in [-0.1, -0.05) is 6.07 Å². The summed E-state index contributed by atoms with van der Waals surface area (Å²) in [5.41, 5.74) is 4.62. The van der Waals surface area contributed by atoms with Crippen LogP contribution in [0.1, 0.15) is 30.5 Å². The lowest BCUT2D eigenvalue weighted by atomic mass is 9.95. The van der Waals surface area contributed by atoms with Gasteiger partial charge in [-0.3, -0.25) is 0 Å². The number of hydrogen-bond donors (Lipinski definition) is 1. The molecule has 0 unspecified atom stereocenters. The summed E-state index contributed by atoms with van der Waals surface area (Å²) in [5, 5.41) is 12.3. The van der Waals surface area contributed by atoms with Crippen LogP contribution in [0.15, 0.2) is 12.1 Å². The number of nitriles is 1. The maximum Gasteiger partial charge on any atom is 0.0702 e. The normalized spacial score (nSPS) is 11.0. The van der Waals surface area contributed by atoms with E-state index < -0.39 is 0 Å². The lowest BCUT2D eigenvalue weighted by molar-refractivity contribution is 0.529. The summed E-state index contributed by atoms with van der Waals surface area (Å²) in [5.74, 6) is 0. The number of hydrogen-bond acceptors (Lipinski definition) is 2. The van der Waals surface area contributed by atoms with Gasteiger partial charge in [0.25, 0.3) is 0 Å². The van der Waals surface area contributed by atoms with Gasteiger partial charge >= 0.3 is 0 Å². The predicted octanol–water partition coefficient (Wildman–Crippen LogP) is 3.57. The number of anilines is 1. The standard InChI is InChI=1S/C14H20N2/c1-10-6-12(3)13(7-11(10)2)16-9-14(4,5)8-15/h6-7,16H,9H2,1-5H3. The first-order valence-corrected chi connectivity index (χ1v) is 5.59. The first kappa shape index (κ1) is 12.6. The average molecular weight is 216 g/mol. The molecule has 0 fully saturated rings. The van der Waals surface area contributed by atoms with E-state index in [1.165, 1.54) is 16.7 Å².